The van der Waals surface area contributed by atoms with Crippen LogP contribution in [0.2, 0.25) is 5.02 Å². The first kappa shape index (κ1) is 23.8. The van der Waals surface area contributed by atoms with Crippen molar-refractivity contribution in [2.75, 3.05) is 19.0 Å². The van der Waals surface area contributed by atoms with Gasteiger partial charge >= 0.3 is 0 Å². The molecule has 1 unspecified atom stereocenters. The number of hydrogen-bond donors (Lipinski definition) is 1. The molecular weight excluding hydrogens is 474 g/mol. The van der Waals surface area contributed by atoms with Crippen LogP contribution >= 0.6 is 23.4 Å². The highest BCUT2D eigenvalue weighted by molar-refractivity contribution is 8.16. The fraction of sp³-hybridized carbons (Fsp3) is 0.190. The highest BCUT2D eigenvalue weighted by atomic mass is 35.5. The molecule has 0 aliphatic carbocycles. The molecule has 1 N–H and O–H groups in total. The third-order valence-corrected chi connectivity index (χ3v) is 7.19. The lowest BCUT2D eigenvalue weighted by Crippen LogP contribution is -2.33. The fourth-order valence-electron chi connectivity index (χ4n) is 2.85. The number of ether oxygens (including phenoxy) is 1. The van der Waals surface area contributed by atoms with E-state index in [1.807, 2.05) is 0 Å². The molecule has 32 heavy (non-hydrogen) atoms. The van der Waals surface area contributed by atoms with Crippen molar-refractivity contribution in [3.8, 4) is 5.75 Å². The van der Waals surface area contributed by atoms with Crippen LogP contribution in [0.1, 0.15) is 6.42 Å². The maximum atomic E-state index is 12.8. The number of methoxy groups -OCH3 is 1. The van der Waals surface area contributed by atoms with Gasteiger partial charge in [0.2, 0.25) is 11.8 Å². The van der Waals surface area contributed by atoms with Crippen molar-refractivity contribution < 1.29 is 22.7 Å². The van der Waals surface area contributed by atoms with Crippen molar-refractivity contribution in [1.82, 2.24) is 4.90 Å². The highest BCUT2D eigenvalue weighted by Crippen LogP contribution is 2.31. The number of amides is 2. The molecule has 2 aromatic rings. The largest absolute Gasteiger partial charge is 0.497 e. The molecule has 1 fully saturated rings. The molecular formula is C21H20ClN3O5S2. The third-order valence-electron chi connectivity index (χ3n) is 4.37. The zero-order valence-corrected chi connectivity index (χ0v) is 19.4. The van der Waals surface area contributed by atoms with E-state index >= 15 is 0 Å². The Labute approximate surface area is 195 Å². The van der Waals surface area contributed by atoms with E-state index in [0.717, 1.165) is 11.8 Å². The van der Waals surface area contributed by atoms with E-state index in [0.29, 0.717) is 16.5 Å². The normalized spacial score (nSPS) is 17.4. The van der Waals surface area contributed by atoms with Gasteiger partial charge in [-0.05, 0) is 36.4 Å². The summed E-state index contributed by atoms with van der Waals surface area (Å²) in [7, 11) is -2.56. The van der Waals surface area contributed by atoms with Gasteiger partial charge in [0.15, 0.2) is 5.17 Å². The van der Waals surface area contributed by atoms with E-state index in [-0.39, 0.29) is 23.0 Å². The Kier molecular flexibility index (Phi) is 7.60. The minimum atomic E-state index is -4.08. The van der Waals surface area contributed by atoms with E-state index in [4.69, 9.17) is 16.3 Å². The molecule has 168 valence electrons. The first-order valence-corrected chi connectivity index (χ1v) is 12.1. The lowest BCUT2D eigenvalue weighted by atomic mass is 10.2. The monoisotopic (exact) mass is 493 g/mol. The molecule has 1 aliphatic heterocycles. The quantitative estimate of drug-likeness (QED) is 0.564. The van der Waals surface area contributed by atoms with Crippen molar-refractivity contribution in [3.63, 3.8) is 0 Å². The molecule has 0 radical (unpaired) electrons. The van der Waals surface area contributed by atoms with Gasteiger partial charge in [0.1, 0.15) is 11.0 Å². The Hall–Kier alpha value is -2.82. The Bertz CT molecular complexity index is 1170. The number of benzene rings is 2. The van der Waals surface area contributed by atoms with Crippen LogP contribution in [0.15, 0.2) is 70.5 Å². The van der Waals surface area contributed by atoms with E-state index < -0.39 is 27.1 Å². The van der Waals surface area contributed by atoms with Crippen molar-refractivity contribution >= 4 is 56.1 Å². The summed E-state index contributed by atoms with van der Waals surface area (Å²) >= 11 is 6.74. The predicted molar refractivity (Wildman–Crippen MR) is 126 cm³/mol. The molecule has 0 aromatic heterocycles. The van der Waals surface area contributed by atoms with E-state index in [9.17, 15) is 18.0 Å². The van der Waals surface area contributed by atoms with Gasteiger partial charge in [0.25, 0.3) is 10.0 Å². The summed E-state index contributed by atoms with van der Waals surface area (Å²) in [6.45, 7) is 3.67. The van der Waals surface area contributed by atoms with Crippen LogP contribution in [-0.2, 0) is 19.6 Å². The van der Waals surface area contributed by atoms with E-state index in [1.54, 1.807) is 24.3 Å². The summed E-state index contributed by atoms with van der Waals surface area (Å²) in [4.78, 5) is 26.5. The Morgan fingerprint density at radius 3 is 2.69 bits per heavy atom. The lowest BCUT2D eigenvalue weighted by Gasteiger charge is -2.13. The molecule has 3 rings (SSSR count). The van der Waals surface area contributed by atoms with Crippen LogP contribution in [0.25, 0.3) is 0 Å². The second-order valence-corrected chi connectivity index (χ2v) is 9.84. The molecule has 0 bridgehead atoms. The van der Waals surface area contributed by atoms with Gasteiger partial charge in [0, 0.05) is 29.7 Å². The number of thioether (sulfide) groups is 1. The van der Waals surface area contributed by atoms with Gasteiger partial charge in [-0.15, -0.1) is 11.0 Å². The Morgan fingerprint density at radius 1 is 1.31 bits per heavy atom. The number of hydrogen-bond acceptors (Lipinski definition) is 6. The minimum absolute atomic E-state index is 0.0102. The number of halogens is 1. The summed E-state index contributed by atoms with van der Waals surface area (Å²) in [5.74, 6) is -0.238. The molecule has 2 aromatic carbocycles. The fourth-order valence-corrected chi connectivity index (χ4v) is 5.34. The van der Waals surface area contributed by atoms with Gasteiger partial charge in [-0.3, -0.25) is 14.5 Å². The number of sulfonamides is 1. The SMILES string of the molecule is C=CCN1C(=O)C(CC(=O)Nc2cccc(OC)c2)S/C1=N/S(=O)(=O)c1ccc(Cl)cc1. The third kappa shape index (κ3) is 5.70. The molecule has 11 heteroatoms. The van der Waals surface area contributed by atoms with E-state index in [2.05, 4.69) is 16.3 Å². The standard InChI is InChI=1S/C21H20ClN3O5S2/c1-3-11-25-20(27)18(13-19(26)23-15-5-4-6-16(12-15)30-2)31-21(25)24-32(28,29)17-9-7-14(22)8-10-17/h3-10,12,18H,1,11,13H2,2H3,(H,23,26)/b24-21+. The second kappa shape index (κ2) is 10.2. The topological polar surface area (TPSA) is 105 Å². The Morgan fingerprint density at radius 2 is 2.03 bits per heavy atom. The summed E-state index contributed by atoms with van der Waals surface area (Å²) in [6.07, 6.45) is 1.30. The van der Waals surface area contributed by atoms with Crippen LogP contribution in [0.4, 0.5) is 5.69 Å². The zero-order chi connectivity index (χ0) is 23.3. The van der Waals surface area contributed by atoms with Crippen molar-refractivity contribution in [2.24, 2.45) is 4.40 Å². The van der Waals surface area contributed by atoms with Gasteiger partial charge in [-0.25, -0.2) is 0 Å². The number of nitrogens with one attached hydrogen (secondary N) is 1. The van der Waals surface area contributed by atoms with Crippen LogP contribution in [0, 0.1) is 0 Å². The number of amidine groups is 1. The van der Waals surface area contributed by atoms with Crippen LogP contribution in [-0.4, -0.2) is 49.2 Å². The first-order valence-electron chi connectivity index (χ1n) is 9.37. The molecule has 0 spiro atoms. The second-order valence-electron chi connectivity index (χ2n) is 6.63. The number of anilines is 1. The van der Waals surface area contributed by atoms with Gasteiger partial charge in [0.05, 0.1) is 12.0 Å². The minimum Gasteiger partial charge on any atom is -0.497 e. The van der Waals surface area contributed by atoms with Crippen molar-refractivity contribution in [1.29, 1.82) is 0 Å². The summed E-state index contributed by atoms with van der Waals surface area (Å²) < 4.78 is 34.3. The van der Waals surface area contributed by atoms with Crippen LogP contribution in [0.3, 0.4) is 0 Å². The van der Waals surface area contributed by atoms with Gasteiger partial charge in [-0.2, -0.15) is 8.42 Å². The molecule has 8 nitrogen and oxygen atoms in total. The molecule has 1 aliphatic rings. The number of carbonyl (C=O) groups is 2. The smallest absolute Gasteiger partial charge is 0.284 e. The summed E-state index contributed by atoms with van der Waals surface area (Å²) in [6, 6.07) is 12.4. The molecule has 0 saturated carbocycles. The van der Waals surface area contributed by atoms with Crippen LogP contribution in [0.5, 0.6) is 5.75 Å². The molecule has 1 atom stereocenters. The number of rotatable bonds is 8. The predicted octanol–water partition coefficient (Wildman–Crippen LogP) is 3.55. The Balaban J connectivity index is 1.78. The van der Waals surface area contributed by atoms with Gasteiger partial charge < -0.3 is 10.1 Å². The van der Waals surface area contributed by atoms with Crippen LogP contribution < -0.4 is 10.1 Å². The maximum absolute atomic E-state index is 12.8. The summed E-state index contributed by atoms with van der Waals surface area (Å²) in [5, 5.41) is 2.27. The average Bonchev–Trinajstić information content (AvgIpc) is 3.02. The zero-order valence-electron chi connectivity index (χ0n) is 17.0. The number of carbonyl (C=O) groups excluding carboxylic acids is 2. The van der Waals surface area contributed by atoms with Gasteiger partial charge in [-0.1, -0.05) is 35.5 Å². The van der Waals surface area contributed by atoms with E-state index in [1.165, 1.54) is 42.4 Å². The number of nitrogens with zero attached hydrogens (tertiary/aromatic N) is 2. The van der Waals surface area contributed by atoms with Crippen molar-refractivity contribution in [2.45, 2.75) is 16.6 Å². The molecule has 1 heterocycles. The maximum Gasteiger partial charge on any atom is 0.284 e. The van der Waals surface area contributed by atoms with Crippen molar-refractivity contribution in [3.05, 3.63) is 66.2 Å². The highest BCUT2D eigenvalue weighted by Gasteiger charge is 2.39. The molecule has 1 saturated heterocycles. The lowest BCUT2D eigenvalue weighted by molar-refractivity contribution is -0.127. The average molecular weight is 494 g/mol. The summed E-state index contributed by atoms with van der Waals surface area (Å²) in [5.41, 5.74) is 0.520. The first-order chi connectivity index (χ1) is 15.2. The molecule has 2 amide bonds.